The van der Waals surface area contributed by atoms with Gasteiger partial charge in [-0.15, -0.1) is 0 Å². The molecular weight excluding hydrogens is 449 g/mol. The zero-order chi connectivity index (χ0) is 24.7. The Morgan fingerprint density at radius 2 is 1.56 bits per heavy atom. The molecule has 5 N–H and O–H groups in total. The van der Waals surface area contributed by atoms with Crippen molar-refractivity contribution in [3.63, 3.8) is 0 Å². The number of nitrogens with one attached hydrogen (secondary N) is 2. The highest BCUT2D eigenvalue weighted by Crippen LogP contribution is 2.12. The van der Waals surface area contributed by atoms with Crippen LogP contribution in [0, 0.1) is 17.5 Å². The van der Waals surface area contributed by atoms with Crippen molar-refractivity contribution in [1.82, 2.24) is 15.6 Å². The summed E-state index contributed by atoms with van der Waals surface area (Å²) in [6, 6.07) is 10.4. The Morgan fingerprint density at radius 3 is 2.21 bits per heavy atom. The number of rotatable bonds is 9. The number of nitrogens with two attached hydrogens (primary N) is 1. The predicted molar refractivity (Wildman–Crippen MR) is 119 cm³/mol. The van der Waals surface area contributed by atoms with Crippen LogP contribution < -0.4 is 16.4 Å². The Kier molecular flexibility index (Phi) is 8.20. The van der Waals surface area contributed by atoms with Crippen molar-refractivity contribution in [2.24, 2.45) is 0 Å². The SMILES string of the molecule is Nc1ccc(CNC(=O)[C@H](Cc2ccc(F)c(F)c2)NC(=O)[C@H](O)Cc2ccc(F)cc2)cn1. The lowest BCUT2D eigenvalue weighted by Crippen LogP contribution is -2.51. The van der Waals surface area contributed by atoms with Crippen LogP contribution in [0.4, 0.5) is 19.0 Å². The number of aromatic nitrogens is 1. The Hall–Kier alpha value is -3.92. The monoisotopic (exact) mass is 472 g/mol. The van der Waals surface area contributed by atoms with E-state index in [2.05, 4.69) is 15.6 Å². The number of amides is 2. The van der Waals surface area contributed by atoms with Gasteiger partial charge in [0.05, 0.1) is 0 Å². The highest BCUT2D eigenvalue weighted by atomic mass is 19.2. The standard InChI is InChI=1S/C24H23F3N4O3/c25-17-5-1-14(2-6-17)11-21(32)24(34)31-20(10-15-3-7-18(26)19(27)9-15)23(33)30-13-16-4-8-22(28)29-12-16/h1-9,12,20-21,32H,10-11,13H2,(H2,28,29)(H,30,33)(H,31,34)/t20-,21+/m0/s1. The van der Waals surface area contributed by atoms with Gasteiger partial charge in [-0.25, -0.2) is 18.2 Å². The Morgan fingerprint density at radius 1 is 0.882 bits per heavy atom. The van der Waals surface area contributed by atoms with E-state index < -0.39 is 41.4 Å². The van der Waals surface area contributed by atoms with Crippen LogP contribution >= 0.6 is 0 Å². The second kappa shape index (κ2) is 11.3. The maximum atomic E-state index is 13.6. The third-order valence-corrected chi connectivity index (χ3v) is 5.02. The Labute approximate surface area is 193 Å². The fourth-order valence-electron chi connectivity index (χ4n) is 3.17. The summed E-state index contributed by atoms with van der Waals surface area (Å²) >= 11 is 0. The van der Waals surface area contributed by atoms with Crippen molar-refractivity contribution in [1.29, 1.82) is 0 Å². The molecule has 2 aromatic carbocycles. The maximum absolute atomic E-state index is 13.6. The quantitative estimate of drug-likeness (QED) is 0.380. The van der Waals surface area contributed by atoms with Crippen LogP contribution in [0.25, 0.3) is 0 Å². The minimum absolute atomic E-state index is 0.0778. The van der Waals surface area contributed by atoms with Crippen molar-refractivity contribution < 1.29 is 27.9 Å². The largest absolute Gasteiger partial charge is 0.384 e. The van der Waals surface area contributed by atoms with Crippen LogP contribution in [0.3, 0.4) is 0 Å². The summed E-state index contributed by atoms with van der Waals surface area (Å²) in [7, 11) is 0. The predicted octanol–water partition coefficient (Wildman–Crippen LogP) is 2.03. The minimum atomic E-state index is -1.52. The van der Waals surface area contributed by atoms with Gasteiger partial charge in [0.1, 0.15) is 23.8 Å². The van der Waals surface area contributed by atoms with Gasteiger partial charge in [-0.1, -0.05) is 24.3 Å². The maximum Gasteiger partial charge on any atom is 0.249 e. The first-order valence-corrected chi connectivity index (χ1v) is 10.4. The second-order valence-electron chi connectivity index (χ2n) is 7.67. The van der Waals surface area contributed by atoms with Gasteiger partial charge >= 0.3 is 0 Å². The number of halogens is 3. The fraction of sp³-hybridized carbons (Fsp3) is 0.208. The van der Waals surface area contributed by atoms with Crippen LogP contribution in [0.2, 0.25) is 0 Å². The lowest BCUT2D eigenvalue weighted by Gasteiger charge is -2.21. The normalized spacial score (nSPS) is 12.6. The number of hydrogen-bond donors (Lipinski definition) is 4. The molecule has 0 aliphatic carbocycles. The van der Waals surface area contributed by atoms with Gasteiger partial charge in [0, 0.05) is 25.6 Å². The molecule has 0 aliphatic heterocycles. The topological polar surface area (TPSA) is 117 Å². The summed E-state index contributed by atoms with van der Waals surface area (Å²) in [5, 5.41) is 15.4. The number of anilines is 1. The van der Waals surface area contributed by atoms with E-state index in [1.54, 1.807) is 12.1 Å². The van der Waals surface area contributed by atoms with Crippen LogP contribution in [0.5, 0.6) is 0 Å². The van der Waals surface area contributed by atoms with E-state index >= 15 is 0 Å². The van der Waals surface area contributed by atoms with Crippen molar-refractivity contribution >= 4 is 17.6 Å². The van der Waals surface area contributed by atoms with E-state index in [-0.39, 0.29) is 24.9 Å². The molecular formula is C24H23F3N4O3. The summed E-state index contributed by atoms with van der Waals surface area (Å²) in [5.74, 6) is -3.73. The third kappa shape index (κ3) is 7.04. The van der Waals surface area contributed by atoms with Crippen LogP contribution in [0.1, 0.15) is 16.7 Å². The molecule has 0 bridgehead atoms. The van der Waals surface area contributed by atoms with E-state index in [1.807, 2.05) is 0 Å². The van der Waals surface area contributed by atoms with Gasteiger partial charge in [0.25, 0.3) is 0 Å². The summed E-state index contributed by atoms with van der Waals surface area (Å²) < 4.78 is 40.0. The van der Waals surface area contributed by atoms with Gasteiger partial charge in [-0.2, -0.15) is 0 Å². The molecule has 3 aromatic rings. The molecule has 0 aliphatic rings. The number of carbonyl (C=O) groups excluding carboxylic acids is 2. The number of nitrogen functional groups attached to an aromatic ring is 1. The molecule has 0 unspecified atom stereocenters. The van der Waals surface area contributed by atoms with Gasteiger partial charge in [0.15, 0.2) is 11.6 Å². The van der Waals surface area contributed by atoms with E-state index in [0.29, 0.717) is 16.9 Å². The van der Waals surface area contributed by atoms with Gasteiger partial charge in [-0.3, -0.25) is 9.59 Å². The van der Waals surface area contributed by atoms with Gasteiger partial charge < -0.3 is 21.5 Å². The number of hydrogen-bond acceptors (Lipinski definition) is 5. The Balaban J connectivity index is 1.70. The highest BCUT2D eigenvalue weighted by Gasteiger charge is 2.25. The number of aliphatic hydroxyl groups is 1. The van der Waals surface area contributed by atoms with Gasteiger partial charge in [-0.05, 0) is 47.0 Å². The van der Waals surface area contributed by atoms with E-state index in [1.165, 1.54) is 36.5 Å². The van der Waals surface area contributed by atoms with Crippen LogP contribution in [-0.2, 0) is 29.0 Å². The smallest absolute Gasteiger partial charge is 0.249 e. The highest BCUT2D eigenvalue weighted by molar-refractivity contribution is 5.89. The summed E-state index contributed by atoms with van der Waals surface area (Å²) in [5.41, 5.74) is 6.97. The van der Waals surface area contributed by atoms with Crippen LogP contribution in [0.15, 0.2) is 60.8 Å². The van der Waals surface area contributed by atoms with E-state index in [0.717, 1.165) is 12.1 Å². The summed E-state index contributed by atoms with van der Waals surface area (Å²) in [4.78, 5) is 29.3. The lowest BCUT2D eigenvalue weighted by molar-refractivity contribution is -0.134. The fourth-order valence-corrected chi connectivity index (χ4v) is 3.17. The van der Waals surface area contributed by atoms with Crippen molar-refractivity contribution in [2.45, 2.75) is 31.5 Å². The lowest BCUT2D eigenvalue weighted by atomic mass is 10.0. The van der Waals surface area contributed by atoms with E-state index in [4.69, 9.17) is 5.73 Å². The third-order valence-electron chi connectivity index (χ3n) is 5.02. The molecule has 0 fully saturated rings. The molecule has 34 heavy (non-hydrogen) atoms. The number of carbonyl (C=O) groups is 2. The minimum Gasteiger partial charge on any atom is -0.384 e. The average Bonchev–Trinajstić information content (AvgIpc) is 2.81. The molecule has 3 rings (SSSR count). The first-order valence-electron chi connectivity index (χ1n) is 10.4. The average molecular weight is 472 g/mol. The second-order valence-corrected chi connectivity index (χ2v) is 7.67. The Bertz CT molecular complexity index is 1140. The molecule has 178 valence electrons. The molecule has 2 amide bonds. The summed E-state index contributed by atoms with van der Waals surface area (Å²) in [6.45, 7) is 0.0778. The van der Waals surface area contributed by atoms with Crippen LogP contribution in [-0.4, -0.2) is 34.1 Å². The molecule has 1 aromatic heterocycles. The first-order chi connectivity index (χ1) is 16.2. The number of nitrogens with zero attached hydrogens (tertiary/aromatic N) is 1. The van der Waals surface area contributed by atoms with Crippen molar-refractivity contribution in [2.75, 3.05) is 5.73 Å². The number of aliphatic hydroxyl groups excluding tert-OH is 1. The molecule has 0 saturated carbocycles. The molecule has 0 spiro atoms. The van der Waals surface area contributed by atoms with Crippen molar-refractivity contribution in [3.05, 3.63) is 94.9 Å². The number of benzene rings is 2. The molecule has 7 nitrogen and oxygen atoms in total. The van der Waals surface area contributed by atoms with Crippen molar-refractivity contribution in [3.8, 4) is 0 Å². The summed E-state index contributed by atoms with van der Waals surface area (Å²) in [6.07, 6.45) is -0.307. The zero-order valence-corrected chi connectivity index (χ0v) is 18.0. The number of pyridine rings is 1. The molecule has 10 heteroatoms. The first kappa shape index (κ1) is 24.7. The van der Waals surface area contributed by atoms with Gasteiger partial charge in [0.2, 0.25) is 11.8 Å². The molecule has 1 heterocycles. The molecule has 0 saturated heterocycles. The molecule has 2 atom stereocenters. The molecule has 0 radical (unpaired) electrons. The zero-order valence-electron chi connectivity index (χ0n) is 18.0. The van der Waals surface area contributed by atoms with E-state index in [9.17, 15) is 27.9 Å².